The highest BCUT2D eigenvalue weighted by Gasteiger charge is 2.28. The molecule has 20 heavy (non-hydrogen) atoms. The summed E-state index contributed by atoms with van der Waals surface area (Å²) in [4.78, 5) is 18.2. The van der Waals surface area contributed by atoms with Gasteiger partial charge in [0, 0.05) is 19.1 Å². The van der Waals surface area contributed by atoms with E-state index in [9.17, 15) is 9.18 Å². The van der Waals surface area contributed by atoms with Gasteiger partial charge in [-0.15, -0.1) is 0 Å². The van der Waals surface area contributed by atoms with E-state index in [1.165, 1.54) is 6.07 Å². The van der Waals surface area contributed by atoms with Crippen LogP contribution in [0.1, 0.15) is 50.9 Å². The highest BCUT2D eigenvalue weighted by molar-refractivity contribution is 5.99. The van der Waals surface area contributed by atoms with E-state index in [0.29, 0.717) is 12.4 Å². The number of nitrogens with zero attached hydrogens (tertiary/aromatic N) is 2. The Hall–Kier alpha value is -1.65. The predicted molar refractivity (Wildman–Crippen MR) is 79.4 cm³/mol. The quantitative estimate of drug-likeness (QED) is 0.870. The van der Waals surface area contributed by atoms with Gasteiger partial charge in [0.25, 0.3) is 5.91 Å². The van der Waals surface area contributed by atoms with Crippen molar-refractivity contribution in [2.45, 2.75) is 46.1 Å². The molecule has 5 heteroatoms. The summed E-state index contributed by atoms with van der Waals surface area (Å²) in [6, 6.07) is 1.25. The lowest BCUT2D eigenvalue weighted by molar-refractivity contribution is 0.0620. The van der Waals surface area contributed by atoms with Crippen LogP contribution in [-0.4, -0.2) is 34.9 Å². The number of rotatable bonds is 6. The summed E-state index contributed by atoms with van der Waals surface area (Å²) >= 11 is 0. The van der Waals surface area contributed by atoms with Gasteiger partial charge in [0.15, 0.2) is 0 Å². The van der Waals surface area contributed by atoms with Crippen LogP contribution in [0.3, 0.4) is 0 Å². The Morgan fingerprint density at radius 1 is 1.45 bits per heavy atom. The van der Waals surface area contributed by atoms with Gasteiger partial charge in [-0.1, -0.05) is 13.8 Å². The lowest BCUT2D eigenvalue weighted by Gasteiger charge is -2.35. The molecule has 0 radical (unpaired) electrons. The highest BCUT2D eigenvalue weighted by atomic mass is 19.1. The second-order valence-electron chi connectivity index (χ2n) is 5.51. The summed E-state index contributed by atoms with van der Waals surface area (Å²) in [6.45, 7) is 8.70. The molecule has 0 atom stereocenters. The topological polar surface area (TPSA) is 45.2 Å². The Balaban J connectivity index is 3.10. The van der Waals surface area contributed by atoms with Crippen LogP contribution in [0.25, 0.3) is 0 Å². The van der Waals surface area contributed by atoms with Crippen LogP contribution in [0.2, 0.25) is 0 Å². The highest BCUT2D eigenvalue weighted by Crippen LogP contribution is 2.22. The van der Waals surface area contributed by atoms with Crippen molar-refractivity contribution < 1.29 is 9.18 Å². The molecule has 1 rings (SSSR count). The number of hydrogen-bond acceptors (Lipinski definition) is 3. The van der Waals surface area contributed by atoms with Crippen LogP contribution >= 0.6 is 0 Å². The molecule has 1 aromatic rings. The molecule has 0 fully saturated rings. The van der Waals surface area contributed by atoms with Crippen molar-refractivity contribution in [2.75, 3.05) is 18.9 Å². The molecule has 0 aliphatic rings. The van der Waals surface area contributed by atoms with Gasteiger partial charge in [-0.05, 0) is 32.8 Å². The third-order valence-electron chi connectivity index (χ3n) is 3.71. The first kappa shape index (κ1) is 16.4. The fourth-order valence-electron chi connectivity index (χ4n) is 1.68. The van der Waals surface area contributed by atoms with Gasteiger partial charge < -0.3 is 10.2 Å². The molecule has 0 unspecified atom stereocenters. The minimum atomic E-state index is -0.502. The Morgan fingerprint density at radius 2 is 2.10 bits per heavy atom. The third kappa shape index (κ3) is 3.68. The summed E-state index contributed by atoms with van der Waals surface area (Å²) < 4.78 is 13.4. The van der Waals surface area contributed by atoms with Crippen LogP contribution in [0, 0.1) is 5.82 Å². The van der Waals surface area contributed by atoms with Crippen molar-refractivity contribution >= 4 is 11.7 Å². The third-order valence-corrected chi connectivity index (χ3v) is 3.71. The van der Waals surface area contributed by atoms with Crippen molar-refractivity contribution in [1.82, 2.24) is 9.88 Å². The van der Waals surface area contributed by atoms with E-state index in [4.69, 9.17) is 0 Å². The first-order chi connectivity index (χ1) is 9.33. The second kappa shape index (κ2) is 6.68. The fraction of sp³-hybridized carbons (Fsp3) is 0.600. The number of halogens is 1. The van der Waals surface area contributed by atoms with E-state index in [1.54, 1.807) is 11.9 Å². The predicted octanol–water partition coefficient (Wildman–Crippen LogP) is 3.30. The molecule has 0 aliphatic heterocycles. The molecule has 0 saturated carbocycles. The number of anilines is 1. The summed E-state index contributed by atoms with van der Waals surface area (Å²) in [5, 5.41) is 3.07. The maximum atomic E-state index is 13.4. The fourth-order valence-corrected chi connectivity index (χ4v) is 1.68. The zero-order valence-corrected chi connectivity index (χ0v) is 13.0. The van der Waals surface area contributed by atoms with Crippen molar-refractivity contribution in [3.8, 4) is 0 Å². The Labute approximate surface area is 120 Å². The summed E-state index contributed by atoms with van der Waals surface area (Å²) in [5.74, 6) is -0.280. The Morgan fingerprint density at radius 3 is 2.65 bits per heavy atom. The standard InChI is InChI=1S/C15H24FN3O/c1-6-8-17-13-12(9-11(16)10-18-13)14(20)19(5)15(3,4)7-2/h9-10H,6-8H2,1-5H3,(H,17,18). The van der Waals surface area contributed by atoms with Crippen molar-refractivity contribution in [1.29, 1.82) is 0 Å². The number of aromatic nitrogens is 1. The molecule has 1 N–H and O–H groups in total. The monoisotopic (exact) mass is 281 g/mol. The molecular formula is C15H24FN3O. The lowest BCUT2D eigenvalue weighted by Crippen LogP contribution is -2.44. The number of nitrogens with one attached hydrogen (secondary N) is 1. The van der Waals surface area contributed by atoms with E-state index in [0.717, 1.165) is 19.0 Å². The maximum Gasteiger partial charge on any atom is 0.257 e. The normalized spacial score (nSPS) is 11.3. The Bertz CT molecular complexity index is 474. The van der Waals surface area contributed by atoms with E-state index >= 15 is 0 Å². The second-order valence-corrected chi connectivity index (χ2v) is 5.51. The number of amides is 1. The van der Waals surface area contributed by atoms with Crippen molar-refractivity contribution in [3.63, 3.8) is 0 Å². The van der Waals surface area contributed by atoms with Gasteiger partial charge in [-0.3, -0.25) is 4.79 Å². The van der Waals surface area contributed by atoms with Gasteiger partial charge in [0.2, 0.25) is 0 Å². The summed E-state index contributed by atoms with van der Waals surface area (Å²) in [5.41, 5.74) is -0.00621. The Kier molecular flexibility index (Phi) is 5.48. The molecule has 1 heterocycles. The van der Waals surface area contributed by atoms with Crippen molar-refractivity contribution in [2.24, 2.45) is 0 Å². The van der Waals surface area contributed by atoms with Crippen LogP contribution in [-0.2, 0) is 0 Å². The van der Waals surface area contributed by atoms with Gasteiger partial charge in [0.1, 0.15) is 11.6 Å². The summed E-state index contributed by atoms with van der Waals surface area (Å²) in [7, 11) is 1.74. The minimum absolute atomic E-state index is 0.220. The molecular weight excluding hydrogens is 257 g/mol. The van der Waals surface area contributed by atoms with Crippen molar-refractivity contribution in [3.05, 3.63) is 23.6 Å². The lowest BCUT2D eigenvalue weighted by atomic mass is 9.99. The SMILES string of the molecule is CCCNc1ncc(F)cc1C(=O)N(C)C(C)(C)CC. The van der Waals surface area contributed by atoms with Gasteiger partial charge >= 0.3 is 0 Å². The van der Waals surface area contributed by atoms with Gasteiger partial charge in [-0.25, -0.2) is 9.37 Å². The van der Waals surface area contributed by atoms with Crippen LogP contribution < -0.4 is 5.32 Å². The molecule has 0 spiro atoms. The first-order valence-corrected chi connectivity index (χ1v) is 7.01. The molecule has 0 aromatic carbocycles. The molecule has 1 aromatic heterocycles. The van der Waals surface area contributed by atoms with E-state index in [2.05, 4.69) is 10.3 Å². The van der Waals surface area contributed by atoms with Gasteiger partial charge in [-0.2, -0.15) is 0 Å². The van der Waals surface area contributed by atoms with Crippen LogP contribution in [0.4, 0.5) is 10.2 Å². The zero-order chi connectivity index (χ0) is 15.3. The number of carbonyl (C=O) groups excluding carboxylic acids is 1. The van der Waals surface area contributed by atoms with Crippen LogP contribution in [0.5, 0.6) is 0 Å². The number of hydrogen-bond donors (Lipinski definition) is 1. The molecule has 1 amide bonds. The number of carbonyl (C=O) groups is 1. The molecule has 0 saturated heterocycles. The van der Waals surface area contributed by atoms with Gasteiger partial charge in [0.05, 0.1) is 11.8 Å². The van der Waals surface area contributed by atoms with Crippen LogP contribution in [0.15, 0.2) is 12.3 Å². The van der Waals surface area contributed by atoms with E-state index in [1.807, 2.05) is 27.7 Å². The first-order valence-electron chi connectivity index (χ1n) is 7.01. The average molecular weight is 281 g/mol. The summed E-state index contributed by atoms with van der Waals surface area (Å²) in [6.07, 6.45) is 2.85. The minimum Gasteiger partial charge on any atom is -0.369 e. The maximum absolute atomic E-state index is 13.4. The smallest absolute Gasteiger partial charge is 0.257 e. The molecule has 4 nitrogen and oxygen atoms in total. The largest absolute Gasteiger partial charge is 0.369 e. The van der Waals surface area contributed by atoms with E-state index in [-0.39, 0.29) is 17.0 Å². The molecule has 112 valence electrons. The number of pyridine rings is 1. The molecule has 0 bridgehead atoms. The van der Waals surface area contributed by atoms with E-state index < -0.39 is 5.82 Å². The average Bonchev–Trinajstić information content (AvgIpc) is 2.44. The molecule has 0 aliphatic carbocycles. The zero-order valence-electron chi connectivity index (χ0n) is 13.0.